The SMILES string of the molecule is COc1ccc(NC(=O)C(C)Sc2cccc(NC(=O)/C(=C\c3cc(OC)ccc3OC)NC(=O)c3ccccc3)c2)cc1. The molecule has 0 aliphatic rings. The van der Waals surface area contributed by atoms with Gasteiger partial charge in [-0.3, -0.25) is 14.4 Å². The highest BCUT2D eigenvalue weighted by Crippen LogP contribution is 2.28. The Bertz CT molecular complexity index is 1640. The van der Waals surface area contributed by atoms with Crippen molar-refractivity contribution in [3.8, 4) is 17.2 Å². The second kappa shape index (κ2) is 15.3. The first-order valence-electron chi connectivity index (χ1n) is 13.6. The molecule has 0 spiro atoms. The Kier molecular flexibility index (Phi) is 11.0. The molecule has 4 rings (SSSR count). The van der Waals surface area contributed by atoms with Crippen molar-refractivity contribution in [2.75, 3.05) is 32.0 Å². The minimum absolute atomic E-state index is 0.00398. The molecule has 0 saturated heterocycles. The van der Waals surface area contributed by atoms with Crippen LogP contribution in [0.1, 0.15) is 22.8 Å². The summed E-state index contributed by atoms with van der Waals surface area (Å²) in [6.45, 7) is 1.80. The zero-order valence-corrected chi connectivity index (χ0v) is 25.6. The van der Waals surface area contributed by atoms with Crippen LogP contribution in [0.2, 0.25) is 0 Å². The maximum Gasteiger partial charge on any atom is 0.272 e. The van der Waals surface area contributed by atoms with Gasteiger partial charge in [-0.15, -0.1) is 11.8 Å². The van der Waals surface area contributed by atoms with Gasteiger partial charge in [0.25, 0.3) is 11.8 Å². The predicted molar refractivity (Wildman–Crippen MR) is 173 cm³/mol. The van der Waals surface area contributed by atoms with Gasteiger partial charge in [0, 0.05) is 27.4 Å². The lowest BCUT2D eigenvalue weighted by molar-refractivity contribution is -0.115. The van der Waals surface area contributed by atoms with E-state index in [0.717, 1.165) is 4.90 Å². The second-order valence-electron chi connectivity index (χ2n) is 9.45. The second-order valence-corrected chi connectivity index (χ2v) is 10.9. The first-order chi connectivity index (χ1) is 21.3. The molecule has 226 valence electrons. The third kappa shape index (κ3) is 8.65. The van der Waals surface area contributed by atoms with E-state index in [0.29, 0.717) is 39.8 Å². The molecule has 3 amide bonds. The van der Waals surface area contributed by atoms with Gasteiger partial charge in [-0.05, 0) is 85.8 Å². The van der Waals surface area contributed by atoms with E-state index in [9.17, 15) is 14.4 Å². The molecule has 0 aliphatic carbocycles. The van der Waals surface area contributed by atoms with Crippen molar-refractivity contribution < 1.29 is 28.6 Å². The zero-order chi connectivity index (χ0) is 31.5. The number of ether oxygens (including phenoxy) is 3. The number of thioether (sulfide) groups is 1. The molecule has 0 bridgehead atoms. The lowest BCUT2D eigenvalue weighted by Gasteiger charge is -2.15. The van der Waals surface area contributed by atoms with Crippen LogP contribution in [0.15, 0.2) is 108 Å². The van der Waals surface area contributed by atoms with Gasteiger partial charge in [-0.25, -0.2) is 0 Å². The van der Waals surface area contributed by atoms with E-state index in [4.69, 9.17) is 14.2 Å². The van der Waals surface area contributed by atoms with Crippen LogP contribution in [-0.2, 0) is 9.59 Å². The number of hydrogen-bond acceptors (Lipinski definition) is 7. The third-order valence-electron chi connectivity index (χ3n) is 6.40. The molecule has 4 aromatic carbocycles. The van der Waals surface area contributed by atoms with Gasteiger partial charge in [-0.1, -0.05) is 24.3 Å². The van der Waals surface area contributed by atoms with E-state index in [1.807, 2.05) is 6.07 Å². The summed E-state index contributed by atoms with van der Waals surface area (Å²) < 4.78 is 16.0. The summed E-state index contributed by atoms with van der Waals surface area (Å²) in [5.74, 6) is 0.577. The molecule has 0 fully saturated rings. The van der Waals surface area contributed by atoms with Crippen molar-refractivity contribution in [1.82, 2.24) is 5.32 Å². The van der Waals surface area contributed by atoms with E-state index in [1.54, 1.807) is 105 Å². The molecule has 0 aromatic heterocycles. The Morgan fingerprint density at radius 1 is 0.727 bits per heavy atom. The summed E-state index contributed by atoms with van der Waals surface area (Å²) >= 11 is 1.34. The van der Waals surface area contributed by atoms with Crippen LogP contribution >= 0.6 is 11.8 Å². The van der Waals surface area contributed by atoms with Crippen LogP contribution in [0.4, 0.5) is 11.4 Å². The molecule has 4 aromatic rings. The topological polar surface area (TPSA) is 115 Å². The molecule has 9 nitrogen and oxygen atoms in total. The van der Waals surface area contributed by atoms with Gasteiger partial charge < -0.3 is 30.2 Å². The standard InChI is InChI=1S/C34H33N3O6S/c1-22(32(38)35-25-13-15-27(41-2)16-14-25)44-29-12-8-11-26(21-29)36-34(40)30(37-33(39)23-9-6-5-7-10-23)20-24-19-28(42-3)17-18-31(24)43-4/h5-22H,1-4H3,(H,35,38)(H,36,40)(H,37,39)/b30-20+. The minimum atomic E-state index is -0.549. The van der Waals surface area contributed by atoms with Crippen LogP contribution in [0.5, 0.6) is 17.2 Å². The summed E-state index contributed by atoms with van der Waals surface area (Å²) in [4.78, 5) is 40.2. The molecule has 0 saturated carbocycles. The lowest BCUT2D eigenvalue weighted by atomic mass is 10.1. The molecule has 3 N–H and O–H groups in total. The number of hydrogen-bond donors (Lipinski definition) is 3. The van der Waals surface area contributed by atoms with Gasteiger partial charge in [0.05, 0.1) is 26.6 Å². The van der Waals surface area contributed by atoms with Crippen LogP contribution in [-0.4, -0.2) is 44.3 Å². The van der Waals surface area contributed by atoms with E-state index in [1.165, 1.54) is 32.1 Å². The number of carbonyl (C=O) groups excluding carboxylic acids is 3. The van der Waals surface area contributed by atoms with Crippen molar-refractivity contribution in [2.45, 2.75) is 17.1 Å². The van der Waals surface area contributed by atoms with Crippen LogP contribution in [0.3, 0.4) is 0 Å². The highest BCUT2D eigenvalue weighted by Gasteiger charge is 2.18. The summed E-state index contributed by atoms with van der Waals surface area (Å²) in [6.07, 6.45) is 1.53. The lowest BCUT2D eigenvalue weighted by Crippen LogP contribution is -2.30. The summed E-state index contributed by atoms with van der Waals surface area (Å²) in [5, 5.41) is 8.06. The van der Waals surface area contributed by atoms with E-state index >= 15 is 0 Å². The Balaban J connectivity index is 1.52. The third-order valence-corrected chi connectivity index (χ3v) is 7.49. The fourth-order valence-electron chi connectivity index (χ4n) is 4.07. The predicted octanol–water partition coefficient (Wildman–Crippen LogP) is 6.24. The number of benzene rings is 4. The average Bonchev–Trinajstić information content (AvgIpc) is 3.05. The van der Waals surface area contributed by atoms with Gasteiger partial charge in [-0.2, -0.15) is 0 Å². The first-order valence-corrected chi connectivity index (χ1v) is 14.5. The number of nitrogens with one attached hydrogen (secondary N) is 3. The summed E-state index contributed by atoms with van der Waals surface area (Å²) in [5.41, 5.74) is 2.07. The Morgan fingerprint density at radius 3 is 2.11 bits per heavy atom. The quantitative estimate of drug-likeness (QED) is 0.128. The van der Waals surface area contributed by atoms with Gasteiger partial charge in [0.1, 0.15) is 22.9 Å². The fraction of sp³-hybridized carbons (Fsp3) is 0.147. The van der Waals surface area contributed by atoms with Crippen molar-refractivity contribution in [2.24, 2.45) is 0 Å². The Hall–Kier alpha value is -5.22. The average molecular weight is 612 g/mol. The van der Waals surface area contributed by atoms with E-state index < -0.39 is 17.1 Å². The molecule has 0 heterocycles. The molecular formula is C34H33N3O6S. The largest absolute Gasteiger partial charge is 0.497 e. The van der Waals surface area contributed by atoms with Crippen molar-refractivity contribution >= 4 is 46.9 Å². The summed E-state index contributed by atoms with van der Waals surface area (Å²) in [7, 11) is 4.64. The monoisotopic (exact) mass is 611 g/mol. The zero-order valence-electron chi connectivity index (χ0n) is 24.8. The highest BCUT2D eigenvalue weighted by atomic mass is 32.2. The van der Waals surface area contributed by atoms with Crippen molar-refractivity contribution in [3.05, 3.63) is 114 Å². The normalized spacial score (nSPS) is 11.6. The van der Waals surface area contributed by atoms with Crippen LogP contribution in [0, 0.1) is 0 Å². The number of methoxy groups -OCH3 is 3. The van der Waals surface area contributed by atoms with Gasteiger partial charge in [0.15, 0.2) is 0 Å². The molecule has 10 heteroatoms. The number of amides is 3. The number of rotatable bonds is 12. The Morgan fingerprint density at radius 2 is 1.43 bits per heavy atom. The van der Waals surface area contributed by atoms with Crippen LogP contribution < -0.4 is 30.2 Å². The molecular weight excluding hydrogens is 578 g/mol. The highest BCUT2D eigenvalue weighted by molar-refractivity contribution is 8.00. The van der Waals surface area contributed by atoms with Gasteiger partial charge in [0.2, 0.25) is 5.91 Å². The van der Waals surface area contributed by atoms with E-state index in [-0.39, 0.29) is 11.6 Å². The molecule has 44 heavy (non-hydrogen) atoms. The van der Waals surface area contributed by atoms with Crippen molar-refractivity contribution in [3.63, 3.8) is 0 Å². The first kappa shape index (κ1) is 31.7. The van der Waals surface area contributed by atoms with E-state index in [2.05, 4.69) is 16.0 Å². The number of carbonyl (C=O) groups is 3. The Labute approximate surface area is 260 Å². The maximum absolute atomic E-state index is 13.6. The van der Waals surface area contributed by atoms with Gasteiger partial charge >= 0.3 is 0 Å². The smallest absolute Gasteiger partial charge is 0.272 e. The summed E-state index contributed by atoms with van der Waals surface area (Å²) in [6, 6.07) is 28.0. The molecule has 1 atom stereocenters. The van der Waals surface area contributed by atoms with Crippen LogP contribution in [0.25, 0.3) is 6.08 Å². The minimum Gasteiger partial charge on any atom is -0.497 e. The molecule has 0 radical (unpaired) electrons. The molecule has 0 aliphatic heterocycles. The molecule has 1 unspecified atom stereocenters. The maximum atomic E-state index is 13.6. The number of anilines is 2. The fourth-order valence-corrected chi connectivity index (χ4v) is 5.00. The van der Waals surface area contributed by atoms with Crippen molar-refractivity contribution in [1.29, 1.82) is 0 Å².